The number of nitrogens with two attached hydrogens (primary N) is 1. The Morgan fingerprint density at radius 1 is 1.05 bits per heavy atom. The highest BCUT2D eigenvalue weighted by molar-refractivity contribution is 6.10. The third-order valence-corrected chi connectivity index (χ3v) is 3.07. The summed E-state index contributed by atoms with van der Waals surface area (Å²) >= 11 is 0. The van der Waals surface area contributed by atoms with Crippen LogP contribution in [0.4, 0.5) is 0 Å². The number of rotatable bonds is 2. The summed E-state index contributed by atoms with van der Waals surface area (Å²) in [6, 6.07) is 14.8. The lowest BCUT2D eigenvalue weighted by molar-refractivity contribution is 0.0615. The van der Waals surface area contributed by atoms with E-state index in [0.717, 1.165) is 5.56 Å². The van der Waals surface area contributed by atoms with Gasteiger partial charge in [0.2, 0.25) is 0 Å². The summed E-state index contributed by atoms with van der Waals surface area (Å²) in [6.45, 7) is 1.77. The van der Waals surface area contributed by atoms with Gasteiger partial charge in [-0.3, -0.25) is 9.59 Å². The fraction of sp³-hybridized carbons (Fsp3) is 0.0625. The number of carbonyl (C=O) groups excluding carboxylic acids is 2. The van der Waals surface area contributed by atoms with Crippen molar-refractivity contribution in [3.05, 3.63) is 70.8 Å². The Balaban J connectivity index is 2.25. The van der Waals surface area contributed by atoms with E-state index < -0.39 is 11.8 Å². The Bertz CT molecular complexity index is 730. The average molecular weight is 279 g/mol. The van der Waals surface area contributed by atoms with Gasteiger partial charge in [0.25, 0.3) is 11.8 Å². The van der Waals surface area contributed by atoms with Crippen LogP contribution in [0.15, 0.2) is 48.5 Å². The molecule has 0 aliphatic heterocycles. The van der Waals surface area contributed by atoms with Crippen LogP contribution in [0.2, 0.25) is 0 Å². The third-order valence-electron chi connectivity index (χ3n) is 3.07. The summed E-state index contributed by atoms with van der Waals surface area (Å²) in [5.74, 6) is 4.45. The minimum absolute atomic E-state index is 0.249. The molecule has 2 N–H and O–H groups in total. The number of nitrogens with zero attached hydrogens (tertiary/aromatic N) is 2. The minimum Gasteiger partial charge on any atom is -0.267 e. The number of imide groups is 1. The number of hydrogen-bond donors (Lipinski definition) is 1. The molecule has 2 aromatic rings. The van der Waals surface area contributed by atoms with Gasteiger partial charge in [0.15, 0.2) is 0 Å². The molecule has 2 amide bonds. The van der Waals surface area contributed by atoms with E-state index in [2.05, 4.69) is 0 Å². The molecule has 2 rings (SSSR count). The Morgan fingerprint density at radius 3 is 2.24 bits per heavy atom. The predicted octanol–water partition coefficient (Wildman–Crippen LogP) is 2.02. The molecular weight excluding hydrogens is 266 g/mol. The van der Waals surface area contributed by atoms with Crippen LogP contribution in [0.3, 0.4) is 0 Å². The smallest absolute Gasteiger partial charge is 0.267 e. The van der Waals surface area contributed by atoms with E-state index in [1.165, 1.54) is 24.3 Å². The molecule has 5 nitrogen and oxygen atoms in total. The van der Waals surface area contributed by atoms with Crippen molar-refractivity contribution in [2.75, 3.05) is 0 Å². The van der Waals surface area contributed by atoms with E-state index >= 15 is 0 Å². The van der Waals surface area contributed by atoms with Gasteiger partial charge in [0.05, 0.1) is 11.6 Å². The largest absolute Gasteiger partial charge is 0.275 e. The van der Waals surface area contributed by atoms with E-state index in [-0.39, 0.29) is 5.56 Å². The highest BCUT2D eigenvalue weighted by Crippen LogP contribution is 2.12. The monoisotopic (exact) mass is 279 g/mol. The first-order chi connectivity index (χ1) is 10.0. The Morgan fingerprint density at radius 2 is 1.67 bits per heavy atom. The van der Waals surface area contributed by atoms with E-state index in [9.17, 15) is 9.59 Å². The van der Waals surface area contributed by atoms with Gasteiger partial charge in [-0.1, -0.05) is 18.2 Å². The summed E-state index contributed by atoms with van der Waals surface area (Å²) in [6.07, 6.45) is 0. The van der Waals surface area contributed by atoms with Crippen molar-refractivity contribution in [1.29, 1.82) is 5.26 Å². The van der Waals surface area contributed by atoms with Gasteiger partial charge in [-0.15, -0.1) is 0 Å². The zero-order valence-corrected chi connectivity index (χ0v) is 11.4. The van der Waals surface area contributed by atoms with Crippen LogP contribution in [0, 0.1) is 18.3 Å². The first-order valence-corrected chi connectivity index (χ1v) is 6.24. The Labute approximate surface area is 122 Å². The van der Waals surface area contributed by atoms with Crippen molar-refractivity contribution >= 4 is 11.8 Å². The Kier molecular flexibility index (Phi) is 4.12. The van der Waals surface area contributed by atoms with Gasteiger partial charge in [0.1, 0.15) is 0 Å². The zero-order chi connectivity index (χ0) is 15.4. The van der Waals surface area contributed by atoms with Gasteiger partial charge >= 0.3 is 0 Å². The summed E-state index contributed by atoms with van der Waals surface area (Å²) < 4.78 is 0. The minimum atomic E-state index is -0.618. The third kappa shape index (κ3) is 2.96. The van der Waals surface area contributed by atoms with Crippen molar-refractivity contribution < 1.29 is 9.59 Å². The second kappa shape index (κ2) is 5.99. The van der Waals surface area contributed by atoms with Crippen LogP contribution in [-0.4, -0.2) is 16.8 Å². The summed E-state index contributed by atoms with van der Waals surface area (Å²) in [5, 5.41) is 9.31. The maximum Gasteiger partial charge on any atom is 0.275 e. The van der Waals surface area contributed by atoms with Gasteiger partial charge in [-0.25, -0.2) is 10.9 Å². The van der Waals surface area contributed by atoms with Gasteiger partial charge in [-0.2, -0.15) is 5.26 Å². The molecule has 0 saturated carbocycles. The van der Waals surface area contributed by atoms with Gasteiger partial charge in [-0.05, 0) is 42.8 Å². The van der Waals surface area contributed by atoms with Crippen molar-refractivity contribution in [3.8, 4) is 6.07 Å². The molecule has 0 heterocycles. The van der Waals surface area contributed by atoms with Crippen LogP contribution in [0.1, 0.15) is 31.8 Å². The molecule has 0 aromatic heterocycles. The van der Waals surface area contributed by atoms with E-state index in [1.54, 1.807) is 31.2 Å². The molecule has 5 heteroatoms. The highest BCUT2D eigenvalue weighted by atomic mass is 16.2. The first-order valence-electron chi connectivity index (χ1n) is 6.24. The van der Waals surface area contributed by atoms with Crippen LogP contribution in [0.5, 0.6) is 0 Å². The molecule has 0 spiro atoms. The molecule has 0 unspecified atom stereocenters. The maximum atomic E-state index is 12.2. The number of aryl methyl sites for hydroxylation is 1. The summed E-state index contributed by atoms with van der Waals surface area (Å²) in [5.41, 5.74) is 1.80. The van der Waals surface area contributed by atoms with E-state index in [1.807, 2.05) is 6.07 Å². The normalized spacial score (nSPS) is 9.76. The zero-order valence-electron chi connectivity index (χ0n) is 11.4. The second-order valence-corrected chi connectivity index (χ2v) is 4.48. The van der Waals surface area contributed by atoms with Crippen molar-refractivity contribution in [1.82, 2.24) is 5.01 Å². The first kappa shape index (κ1) is 14.4. The number of carbonyl (C=O) groups is 2. The number of hydrogen-bond acceptors (Lipinski definition) is 4. The van der Waals surface area contributed by atoms with Crippen molar-refractivity contribution in [3.63, 3.8) is 0 Å². The van der Waals surface area contributed by atoms with Crippen molar-refractivity contribution in [2.24, 2.45) is 5.84 Å². The topological polar surface area (TPSA) is 87.2 Å². The molecular formula is C16H13N3O2. The van der Waals surface area contributed by atoms with Crippen LogP contribution in [0.25, 0.3) is 0 Å². The standard InChI is InChI=1S/C16H13N3O2/c1-11-4-2-3-5-14(11)16(21)19(18)15(20)13-8-6-12(10-17)7-9-13/h2-9H,18H2,1H3. The molecule has 0 aliphatic carbocycles. The number of nitriles is 1. The van der Waals surface area contributed by atoms with Crippen molar-refractivity contribution in [2.45, 2.75) is 6.92 Å². The molecule has 0 aliphatic rings. The summed E-state index contributed by atoms with van der Waals surface area (Å²) in [7, 11) is 0. The second-order valence-electron chi connectivity index (χ2n) is 4.48. The van der Waals surface area contributed by atoms with Crippen LogP contribution < -0.4 is 5.84 Å². The Hall–Kier alpha value is -2.97. The number of hydrazine groups is 1. The predicted molar refractivity (Wildman–Crippen MR) is 77.0 cm³/mol. The van der Waals surface area contributed by atoms with Gasteiger partial charge < -0.3 is 0 Å². The lowest BCUT2D eigenvalue weighted by Crippen LogP contribution is -2.42. The fourth-order valence-corrected chi connectivity index (χ4v) is 1.86. The lowest BCUT2D eigenvalue weighted by Gasteiger charge is -2.16. The molecule has 104 valence electrons. The van der Waals surface area contributed by atoms with Gasteiger partial charge in [0, 0.05) is 11.1 Å². The van der Waals surface area contributed by atoms with E-state index in [0.29, 0.717) is 16.1 Å². The number of benzene rings is 2. The quantitative estimate of drug-likeness (QED) is 0.394. The number of amides is 2. The molecule has 0 bridgehead atoms. The fourth-order valence-electron chi connectivity index (χ4n) is 1.86. The molecule has 0 atom stereocenters. The van der Waals surface area contributed by atoms with Crippen LogP contribution in [-0.2, 0) is 0 Å². The molecule has 0 fully saturated rings. The molecule has 2 aromatic carbocycles. The lowest BCUT2D eigenvalue weighted by atomic mass is 10.1. The average Bonchev–Trinajstić information content (AvgIpc) is 2.53. The van der Waals surface area contributed by atoms with E-state index in [4.69, 9.17) is 11.1 Å². The molecule has 0 radical (unpaired) electrons. The molecule has 0 saturated heterocycles. The maximum absolute atomic E-state index is 12.2. The SMILES string of the molecule is Cc1ccccc1C(=O)N(N)C(=O)c1ccc(C#N)cc1. The van der Waals surface area contributed by atoms with Crippen LogP contribution >= 0.6 is 0 Å². The summed E-state index contributed by atoms with van der Waals surface area (Å²) in [4.78, 5) is 24.4. The highest BCUT2D eigenvalue weighted by Gasteiger charge is 2.22. The molecule has 21 heavy (non-hydrogen) atoms.